The molecule has 0 aliphatic rings. The average molecular weight is 273 g/mol. The smallest absolute Gasteiger partial charge is 0.335 e. The summed E-state index contributed by atoms with van der Waals surface area (Å²) in [6, 6.07) is 5.93. The number of carboxylic acids is 1. The maximum absolute atomic E-state index is 10.8. The Labute approximate surface area is 113 Å². The molecular formula is C11H11N7O2. The molecule has 9 heteroatoms. The Balaban J connectivity index is 2.35. The number of nitrogens with two attached hydrogens (primary N) is 3. The largest absolute Gasteiger partial charge is 0.478 e. The molecule has 0 amide bonds. The second-order valence-electron chi connectivity index (χ2n) is 3.76. The lowest BCUT2D eigenvalue weighted by atomic mass is 10.2. The number of aromatic nitrogens is 2. The van der Waals surface area contributed by atoms with Gasteiger partial charge in [0.1, 0.15) is 0 Å². The number of carboxylic acid groups (broad SMARTS) is 1. The summed E-state index contributed by atoms with van der Waals surface area (Å²) in [6.45, 7) is 0. The topological polar surface area (TPSA) is 166 Å². The van der Waals surface area contributed by atoms with Crippen molar-refractivity contribution in [1.29, 1.82) is 0 Å². The summed E-state index contributed by atoms with van der Waals surface area (Å²) < 4.78 is 0. The first-order chi connectivity index (χ1) is 9.47. The van der Waals surface area contributed by atoms with Gasteiger partial charge in [-0.3, -0.25) is 0 Å². The van der Waals surface area contributed by atoms with Crippen molar-refractivity contribution in [3.63, 3.8) is 0 Å². The van der Waals surface area contributed by atoms with Crippen molar-refractivity contribution < 1.29 is 9.90 Å². The van der Waals surface area contributed by atoms with Crippen LogP contribution < -0.4 is 17.2 Å². The number of anilines is 3. The van der Waals surface area contributed by atoms with Crippen LogP contribution in [0.5, 0.6) is 0 Å². The summed E-state index contributed by atoms with van der Waals surface area (Å²) in [6.07, 6.45) is 0. The summed E-state index contributed by atoms with van der Waals surface area (Å²) in [5, 5.41) is 16.5. The molecule has 0 atom stereocenters. The summed E-state index contributed by atoms with van der Waals surface area (Å²) in [7, 11) is 0. The standard InChI is InChI=1S/C11H11N7O2/c12-8-7(9(13)16-11(14)15-8)18-17-6-3-1-2-5(4-6)10(19)20/h1-4H,(H,19,20)(H6,12,13,14,15,16)/b18-17+. The molecule has 2 aromatic rings. The van der Waals surface area contributed by atoms with E-state index in [1.807, 2.05) is 0 Å². The zero-order chi connectivity index (χ0) is 14.7. The summed E-state index contributed by atoms with van der Waals surface area (Å²) in [5.41, 5.74) is 17.1. The molecule has 0 aliphatic carbocycles. The molecule has 0 spiro atoms. The van der Waals surface area contributed by atoms with E-state index >= 15 is 0 Å². The number of hydrogen-bond donors (Lipinski definition) is 4. The van der Waals surface area contributed by atoms with Crippen molar-refractivity contribution in [3.05, 3.63) is 29.8 Å². The van der Waals surface area contributed by atoms with Gasteiger partial charge in [0.25, 0.3) is 0 Å². The number of nitrogen functional groups attached to an aromatic ring is 3. The number of azo groups is 1. The third-order valence-corrected chi connectivity index (χ3v) is 2.31. The van der Waals surface area contributed by atoms with Gasteiger partial charge in [-0.2, -0.15) is 15.1 Å². The summed E-state index contributed by atoms with van der Waals surface area (Å²) in [5.74, 6) is -1.13. The van der Waals surface area contributed by atoms with E-state index in [1.165, 1.54) is 12.1 Å². The van der Waals surface area contributed by atoms with Gasteiger partial charge < -0.3 is 22.3 Å². The van der Waals surface area contributed by atoms with Crippen molar-refractivity contribution in [1.82, 2.24) is 9.97 Å². The lowest BCUT2D eigenvalue weighted by Crippen LogP contribution is -2.03. The summed E-state index contributed by atoms with van der Waals surface area (Å²) >= 11 is 0. The Morgan fingerprint density at radius 2 is 1.75 bits per heavy atom. The molecule has 0 aliphatic heterocycles. The van der Waals surface area contributed by atoms with Gasteiger partial charge >= 0.3 is 5.97 Å². The van der Waals surface area contributed by atoms with Crippen molar-refractivity contribution in [2.24, 2.45) is 10.2 Å². The molecule has 0 fully saturated rings. The lowest BCUT2D eigenvalue weighted by Gasteiger charge is -2.02. The predicted octanol–water partition coefficient (Wildman–Crippen LogP) is 1.34. The number of benzene rings is 1. The van der Waals surface area contributed by atoms with Crippen LogP contribution in [0.15, 0.2) is 34.5 Å². The molecule has 0 radical (unpaired) electrons. The maximum Gasteiger partial charge on any atom is 0.335 e. The van der Waals surface area contributed by atoms with E-state index in [-0.39, 0.29) is 28.8 Å². The molecule has 0 saturated heterocycles. The quantitative estimate of drug-likeness (QED) is 0.612. The van der Waals surface area contributed by atoms with Gasteiger partial charge in [0, 0.05) is 0 Å². The average Bonchev–Trinajstić information content (AvgIpc) is 2.37. The fourth-order valence-electron chi connectivity index (χ4n) is 1.42. The van der Waals surface area contributed by atoms with E-state index < -0.39 is 5.97 Å². The van der Waals surface area contributed by atoms with Crippen molar-refractivity contribution in [2.45, 2.75) is 0 Å². The number of carbonyl (C=O) groups is 1. The van der Waals surface area contributed by atoms with Gasteiger partial charge in [-0.25, -0.2) is 4.79 Å². The van der Waals surface area contributed by atoms with E-state index in [9.17, 15) is 4.79 Å². The van der Waals surface area contributed by atoms with Crippen LogP contribution in [0.1, 0.15) is 10.4 Å². The second kappa shape index (κ2) is 5.18. The zero-order valence-electron chi connectivity index (χ0n) is 10.2. The third kappa shape index (κ3) is 2.77. The van der Waals surface area contributed by atoms with E-state index in [2.05, 4.69) is 20.2 Å². The van der Waals surface area contributed by atoms with Crippen LogP contribution in [0, 0.1) is 0 Å². The van der Waals surface area contributed by atoms with E-state index in [4.69, 9.17) is 22.3 Å². The first-order valence-electron chi connectivity index (χ1n) is 5.41. The highest BCUT2D eigenvalue weighted by molar-refractivity contribution is 5.88. The van der Waals surface area contributed by atoms with Crippen LogP contribution in [0.2, 0.25) is 0 Å². The molecule has 0 saturated carbocycles. The summed E-state index contributed by atoms with van der Waals surface area (Å²) in [4.78, 5) is 18.2. The number of rotatable bonds is 3. The Morgan fingerprint density at radius 3 is 2.35 bits per heavy atom. The first kappa shape index (κ1) is 13.2. The Kier molecular flexibility index (Phi) is 3.42. The minimum atomic E-state index is -1.06. The van der Waals surface area contributed by atoms with Crippen LogP contribution in [-0.2, 0) is 0 Å². The Bertz CT molecular complexity index is 676. The van der Waals surface area contributed by atoms with Crippen LogP contribution in [0.3, 0.4) is 0 Å². The lowest BCUT2D eigenvalue weighted by molar-refractivity contribution is 0.0697. The van der Waals surface area contributed by atoms with Crippen LogP contribution >= 0.6 is 0 Å². The molecule has 1 heterocycles. The zero-order valence-corrected chi connectivity index (χ0v) is 10.2. The van der Waals surface area contributed by atoms with Gasteiger partial charge in [-0.1, -0.05) is 6.07 Å². The fourth-order valence-corrected chi connectivity index (χ4v) is 1.42. The van der Waals surface area contributed by atoms with E-state index in [0.717, 1.165) is 0 Å². The van der Waals surface area contributed by atoms with Crippen LogP contribution in [0.25, 0.3) is 0 Å². The Hall–Kier alpha value is -3.23. The predicted molar refractivity (Wildman–Crippen MR) is 72.8 cm³/mol. The fraction of sp³-hybridized carbons (Fsp3) is 0. The molecule has 0 unspecified atom stereocenters. The third-order valence-electron chi connectivity index (χ3n) is 2.31. The van der Waals surface area contributed by atoms with Gasteiger partial charge in [-0.05, 0) is 18.2 Å². The van der Waals surface area contributed by atoms with Crippen molar-refractivity contribution in [3.8, 4) is 0 Å². The van der Waals surface area contributed by atoms with Crippen molar-refractivity contribution >= 4 is 34.9 Å². The van der Waals surface area contributed by atoms with Gasteiger partial charge in [0.2, 0.25) is 5.95 Å². The number of nitrogens with zero attached hydrogens (tertiary/aromatic N) is 4. The molecule has 1 aromatic heterocycles. The first-order valence-corrected chi connectivity index (χ1v) is 5.41. The van der Waals surface area contributed by atoms with Gasteiger partial charge in [-0.15, -0.1) is 5.11 Å². The normalized spacial score (nSPS) is 10.8. The Morgan fingerprint density at radius 1 is 1.10 bits per heavy atom. The highest BCUT2D eigenvalue weighted by Gasteiger charge is 2.08. The van der Waals surface area contributed by atoms with Crippen molar-refractivity contribution in [2.75, 3.05) is 17.2 Å². The molecule has 102 valence electrons. The second-order valence-corrected chi connectivity index (χ2v) is 3.76. The van der Waals surface area contributed by atoms with Crippen LogP contribution in [-0.4, -0.2) is 21.0 Å². The monoisotopic (exact) mass is 273 g/mol. The van der Waals surface area contributed by atoms with Gasteiger partial charge in [0.05, 0.1) is 11.3 Å². The van der Waals surface area contributed by atoms with Crippen LogP contribution in [0.4, 0.5) is 29.0 Å². The number of aromatic carboxylic acids is 1. The highest BCUT2D eigenvalue weighted by atomic mass is 16.4. The molecule has 20 heavy (non-hydrogen) atoms. The minimum absolute atomic E-state index is 0.00635. The highest BCUT2D eigenvalue weighted by Crippen LogP contribution is 2.28. The molecule has 2 rings (SSSR count). The molecule has 1 aromatic carbocycles. The molecular weight excluding hydrogens is 262 g/mol. The maximum atomic E-state index is 10.8. The molecule has 0 bridgehead atoms. The van der Waals surface area contributed by atoms with E-state index in [1.54, 1.807) is 12.1 Å². The molecule has 9 nitrogen and oxygen atoms in total. The van der Waals surface area contributed by atoms with E-state index in [0.29, 0.717) is 5.69 Å². The minimum Gasteiger partial charge on any atom is -0.478 e. The SMILES string of the molecule is Nc1nc(N)c(/N=N/c2cccc(C(=O)O)c2)c(N)n1. The molecule has 7 N–H and O–H groups in total. The van der Waals surface area contributed by atoms with Gasteiger partial charge in [0.15, 0.2) is 17.3 Å². The number of hydrogen-bond acceptors (Lipinski definition) is 8.